The number of hydrogen-bond donors (Lipinski definition) is 2. The average Bonchev–Trinajstić information content (AvgIpc) is 2.66. The zero-order valence-electron chi connectivity index (χ0n) is 17.1. The van der Waals surface area contributed by atoms with Crippen LogP contribution in [0.15, 0.2) is 18.3 Å². The highest BCUT2D eigenvalue weighted by Gasteiger charge is 2.37. The summed E-state index contributed by atoms with van der Waals surface area (Å²) in [6.07, 6.45) is 8.73. The molecule has 0 bridgehead atoms. The molecular formula is C22H35N3O2. The molecule has 1 saturated heterocycles. The summed E-state index contributed by atoms with van der Waals surface area (Å²) in [5, 5.41) is 14.3. The van der Waals surface area contributed by atoms with E-state index in [9.17, 15) is 9.90 Å². The Labute approximate surface area is 163 Å². The van der Waals surface area contributed by atoms with Gasteiger partial charge in [0.2, 0.25) is 0 Å². The van der Waals surface area contributed by atoms with Crippen LogP contribution in [0.1, 0.15) is 76.1 Å². The monoisotopic (exact) mass is 373 g/mol. The summed E-state index contributed by atoms with van der Waals surface area (Å²) in [7, 11) is 0. The fourth-order valence-corrected chi connectivity index (χ4v) is 4.43. The zero-order chi connectivity index (χ0) is 19.5. The molecule has 1 amide bonds. The topological polar surface area (TPSA) is 65.5 Å². The highest BCUT2D eigenvalue weighted by atomic mass is 16.3. The van der Waals surface area contributed by atoms with Gasteiger partial charge in [0, 0.05) is 25.8 Å². The van der Waals surface area contributed by atoms with Crippen molar-refractivity contribution in [3.05, 3.63) is 23.9 Å². The van der Waals surface area contributed by atoms with Crippen LogP contribution in [0.3, 0.4) is 0 Å². The van der Waals surface area contributed by atoms with Crippen LogP contribution in [-0.2, 0) is 0 Å². The van der Waals surface area contributed by atoms with Crippen molar-refractivity contribution in [2.45, 2.75) is 71.3 Å². The number of nitrogens with zero attached hydrogens (tertiary/aromatic N) is 2. The number of rotatable bonds is 4. The number of aliphatic hydroxyl groups is 1. The molecule has 2 heterocycles. The van der Waals surface area contributed by atoms with Gasteiger partial charge in [0.15, 0.2) is 0 Å². The Balaban J connectivity index is 1.62. The largest absolute Gasteiger partial charge is 0.388 e. The van der Waals surface area contributed by atoms with Crippen LogP contribution >= 0.6 is 0 Å². The third kappa shape index (κ3) is 5.01. The molecule has 5 heteroatoms. The first kappa shape index (κ1) is 20.1. The SMILES string of the molecule is CC(C)(C)C1CCC(O)(CNc2ncccc2C(=O)N2CCCCC2)CC1. The molecule has 1 aromatic rings. The summed E-state index contributed by atoms with van der Waals surface area (Å²) >= 11 is 0. The molecule has 2 fully saturated rings. The fourth-order valence-electron chi connectivity index (χ4n) is 4.43. The number of piperidine rings is 1. The summed E-state index contributed by atoms with van der Waals surface area (Å²) < 4.78 is 0. The molecule has 0 spiro atoms. The van der Waals surface area contributed by atoms with Gasteiger partial charge >= 0.3 is 0 Å². The first-order valence-corrected chi connectivity index (χ1v) is 10.5. The Hall–Kier alpha value is -1.62. The van der Waals surface area contributed by atoms with Gasteiger partial charge in [-0.15, -0.1) is 0 Å². The molecular weight excluding hydrogens is 338 g/mol. The summed E-state index contributed by atoms with van der Waals surface area (Å²) in [4.78, 5) is 19.2. The Morgan fingerprint density at radius 3 is 2.56 bits per heavy atom. The Kier molecular flexibility index (Phi) is 6.09. The Bertz CT molecular complexity index is 639. The lowest BCUT2D eigenvalue weighted by Crippen LogP contribution is -2.43. The number of likely N-dealkylation sites (tertiary alicyclic amines) is 1. The van der Waals surface area contributed by atoms with Gasteiger partial charge in [0.1, 0.15) is 5.82 Å². The van der Waals surface area contributed by atoms with Crippen LogP contribution in [0.25, 0.3) is 0 Å². The van der Waals surface area contributed by atoms with Gasteiger partial charge in [-0.2, -0.15) is 0 Å². The van der Waals surface area contributed by atoms with E-state index in [4.69, 9.17) is 0 Å². The number of hydrogen-bond acceptors (Lipinski definition) is 4. The molecule has 1 aromatic heterocycles. The lowest BCUT2D eigenvalue weighted by Gasteiger charge is -2.41. The summed E-state index contributed by atoms with van der Waals surface area (Å²) in [6, 6.07) is 3.65. The first-order chi connectivity index (χ1) is 12.8. The lowest BCUT2D eigenvalue weighted by atomic mass is 9.68. The number of pyridine rings is 1. The van der Waals surface area contributed by atoms with E-state index in [0.29, 0.717) is 29.3 Å². The molecule has 1 aliphatic carbocycles. The van der Waals surface area contributed by atoms with Crippen molar-refractivity contribution in [2.75, 3.05) is 25.0 Å². The highest BCUT2D eigenvalue weighted by molar-refractivity contribution is 5.98. The zero-order valence-corrected chi connectivity index (χ0v) is 17.1. The molecule has 1 aliphatic heterocycles. The van der Waals surface area contributed by atoms with Crippen molar-refractivity contribution in [1.82, 2.24) is 9.88 Å². The molecule has 3 rings (SSSR count). The van der Waals surface area contributed by atoms with Crippen LogP contribution in [0.5, 0.6) is 0 Å². The molecule has 0 aromatic carbocycles. The quantitative estimate of drug-likeness (QED) is 0.834. The predicted molar refractivity (Wildman–Crippen MR) is 109 cm³/mol. The predicted octanol–water partition coefficient (Wildman–Crippen LogP) is 4.09. The minimum Gasteiger partial charge on any atom is -0.388 e. The summed E-state index contributed by atoms with van der Waals surface area (Å²) in [6.45, 7) is 8.95. The Morgan fingerprint density at radius 1 is 1.26 bits per heavy atom. The number of nitrogens with one attached hydrogen (secondary N) is 1. The van der Waals surface area contributed by atoms with E-state index in [2.05, 4.69) is 31.1 Å². The van der Waals surface area contributed by atoms with Crippen LogP contribution in [0.4, 0.5) is 5.82 Å². The van der Waals surface area contributed by atoms with Gasteiger partial charge in [-0.1, -0.05) is 20.8 Å². The highest BCUT2D eigenvalue weighted by Crippen LogP contribution is 2.41. The second kappa shape index (κ2) is 8.17. The van der Waals surface area contributed by atoms with Crippen molar-refractivity contribution in [3.63, 3.8) is 0 Å². The van der Waals surface area contributed by atoms with Gasteiger partial charge in [-0.05, 0) is 68.4 Å². The van der Waals surface area contributed by atoms with Crippen LogP contribution in [0, 0.1) is 11.3 Å². The van der Waals surface area contributed by atoms with Gasteiger partial charge in [0.25, 0.3) is 5.91 Å². The van der Waals surface area contributed by atoms with Crippen molar-refractivity contribution >= 4 is 11.7 Å². The van der Waals surface area contributed by atoms with Crippen molar-refractivity contribution in [2.24, 2.45) is 11.3 Å². The molecule has 2 N–H and O–H groups in total. The fraction of sp³-hybridized carbons (Fsp3) is 0.727. The van der Waals surface area contributed by atoms with E-state index in [0.717, 1.165) is 51.6 Å². The van der Waals surface area contributed by atoms with E-state index < -0.39 is 5.60 Å². The maximum Gasteiger partial charge on any atom is 0.257 e. The number of carbonyl (C=O) groups is 1. The third-order valence-corrected chi connectivity index (χ3v) is 6.41. The van der Waals surface area contributed by atoms with E-state index in [1.54, 1.807) is 6.20 Å². The summed E-state index contributed by atoms with van der Waals surface area (Å²) in [5.41, 5.74) is 0.195. The second-order valence-electron chi connectivity index (χ2n) is 9.47. The molecule has 0 radical (unpaired) electrons. The van der Waals surface area contributed by atoms with Crippen molar-refractivity contribution in [3.8, 4) is 0 Å². The standard InChI is InChI=1S/C22H35N3O2/c1-21(2,3)17-9-11-22(27,12-10-17)16-24-19-18(8-7-13-23-19)20(26)25-14-5-4-6-15-25/h7-8,13,17,27H,4-6,9-12,14-16H2,1-3H3,(H,23,24). The maximum absolute atomic E-state index is 12.9. The third-order valence-electron chi connectivity index (χ3n) is 6.41. The molecule has 150 valence electrons. The Morgan fingerprint density at radius 2 is 1.93 bits per heavy atom. The minimum atomic E-state index is -0.718. The minimum absolute atomic E-state index is 0.0498. The van der Waals surface area contributed by atoms with Gasteiger partial charge < -0.3 is 15.3 Å². The van der Waals surface area contributed by atoms with Gasteiger partial charge in [-0.3, -0.25) is 4.79 Å². The van der Waals surface area contributed by atoms with Gasteiger partial charge in [-0.25, -0.2) is 4.98 Å². The molecule has 1 saturated carbocycles. The normalized spacial score (nSPS) is 26.7. The summed E-state index contributed by atoms with van der Waals surface area (Å²) in [5.74, 6) is 1.30. The van der Waals surface area contributed by atoms with Crippen LogP contribution in [-0.4, -0.2) is 46.1 Å². The van der Waals surface area contributed by atoms with E-state index in [1.807, 2.05) is 17.0 Å². The maximum atomic E-state index is 12.9. The van der Waals surface area contributed by atoms with E-state index in [1.165, 1.54) is 6.42 Å². The average molecular weight is 374 g/mol. The number of aromatic nitrogens is 1. The number of amides is 1. The van der Waals surface area contributed by atoms with E-state index in [-0.39, 0.29) is 5.91 Å². The smallest absolute Gasteiger partial charge is 0.257 e. The molecule has 0 atom stereocenters. The molecule has 0 unspecified atom stereocenters. The molecule has 27 heavy (non-hydrogen) atoms. The van der Waals surface area contributed by atoms with Crippen LogP contribution < -0.4 is 5.32 Å². The van der Waals surface area contributed by atoms with Crippen molar-refractivity contribution < 1.29 is 9.90 Å². The molecule has 2 aliphatic rings. The first-order valence-electron chi connectivity index (χ1n) is 10.5. The van der Waals surface area contributed by atoms with E-state index >= 15 is 0 Å². The number of carbonyl (C=O) groups excluding carboxylic acids is 1. The second-order valence-corrected chi connectivity index (χ2v) is 9.47. The van der Waals surface area contributed by atoms with Crippen molar-refractivity contribution in [1.29, 1.82) is 0 Å². The lowest BCUT2D eigenvalue weighted by molar-refractivity contribution is -0.0144. The van der Waals surface area contributed by atoms with Gasteiger partial charge in [0.05, 0.1) is 11.2 Å². The van der Waals surface area contributed by atoms with Crippen LogP contribution in [0.2, 0.25) is 0 Å². The number of anilines is 1. The molecule has 5 nitrogen and oxygen atoms in total.